The van der Waals surface area contributed by atoms with Gasteiger partial charge < -0.3 is 30.1 Å². The Labute approximate surface area is 243 Å². The van der Waals surface area contributed by atoms with E-state index in [2.05, 4.69) is 30.2 Å². The van der Waals surface area contributed by atoms with Crippen LogP contribution in [0.3, 0.4) is 0 Å². The molecule has 0 aliphatic carbocycles. The number of benzene rings is 2. The fourth-order valence-electron chi connectivity index (χ4n) is 4.10. The van der Waals surface area contributed by atoms with Gasteiger partial charge in [0.25, 0.3) is 5.91 Å². The monoisotopic (exact) mass is 573 g/mol. The molecular weight excluding hydrogens is 530 g/mol. The first-order valence-electron chi connectivity index (χ1n) is 13.6. The molecule has 2 aromatic carbocycles. The minimum absolute atomic E-state index is 0.00675. The van der Waals surface area contributed by atoms with Gasteiger partial charge in [-0.05, 0) is 69.2 Å². The van der Waals surface area contributed by atoms with Crippen LogP contribution in [-0.4, -0.2) is 59.0 Å². The molecule has 0 spiro atoms. The molecule has 10 heteroatoms. The van der Waals surface area contributed by atoms with Gasteiger partial charge in [-0.1, -0.05) is 44.7 Å². The summed E-state index contributed by atoms with van der Waals surface area (Å²) < 4.78 is 10.6. The van der Waals surface area contributed by atoms with E-state index in [0.29, 0.717) is 23.4 Å². The number of anilines is 1. The van der Waals surface area contributed by atoms with Crippen molar-refractivity contribution in [2.45, 2.75) is 77.5 Å². The number of unbranched alkanes of at least 4 members (excludes halogenated alkanes) is 4. The van der Waals surface area contributed by atoms with Gasteiger partial charge in [0.05, 0.1) is 7.11 Å². The number of nitrogens with zero attached hydrogens (tertiary/aromatic N) is 1. The maximum absolute atomic E-state index is 14.0. The molecule has 0 heterocycles. The Morgan fingerprint density at radius 1 is 0.975 bits per heavy atom. The smallest absolute Gasteiger partial charge is 0.408 e. The number of nitrogens with one attached hydrogen (secondary N) is 2. The summed E-state index contributed by atoms with van der Waals surface area (Å²) in [6, 6.07) is 11.0. The van der Waals surface area contributed by atoms with E-state index in [1.807, 2.05) is 0 Å². The molecule has 0 fully saturated rings. The van der Waals surface area contributed by atoms with E-state index in [9.17, 15) is 19.5 Å². The number of hydrogen-bond donors (Lipinski definition) is 4. The van der Waals surface area contributed by atoms with Gasteiger partial charge in [-0.2, -0.15) is 12.6 Å². The molecule has 9 nitrogen and oxygen atoms in total. The van der Waals surface area contributed by atoms with E-state index in [0.717, 1.165) is 25.7 Å². The number of carbonyl (C=O) groups is 3. The summed E-state index contributed by atoms with van der Waals surface area (Å²) in [5, 5.41) is 15.4. The minimum Gasteiger partial charge on any atom is -0.508 e. The summed E-state index contributed by atoms with van der Waals surface area (Å²) in [5.41, 5.74) is 0.295. The summed E-state index contributed by atoms with van der Waals surface area (Å²) in [6.45, 7) is 7.61. The number of thiol groups is 1. The first kappa shape index (κ1) is 32.8. The van der Waals surface area contributed by atoms with Crippen LogP contribution in [0.2, 0.25) is 0 Å². The van der Waals surface area contributed by atoms with E-state index >= 15 is 0 Å². The molecule has 0 radical (unpaired) electrons. The number of aromatic hydroxyl groups is 1. The predicted octanol–water partition coefficient (Wildman–Crippen LogP) is 5.70. The first-order chi connectivity index (χ1) is 19.0. The lowest BCUT2D eigenvalue weighted by atomic mass is 10.0. The number of amides is 3. The summed E-state index contributed by atoms with van der Waals surface area (Å²) in [4.78, 5) is 41.8. The number of alkyl carbamates (subject to hydrolysis) is 1. The maximum Gasteiger partial charge on any atom is 0.408 e. The van der Waals surface area contributed by atoms with Crippen LogP contribution >= 0.6 is 12.6 Å². The fraction of sp³-hybridized carbons (Fsp3) is 0.500. The molecule has 3 N–H and O–H groups in total. The summed E-state index contributed by atoms with van der Waals surface area (Å²) >= 11 is 4.33. The molecule has 2 aromatic rings. The van der Waals surface area contributed by atoms with Gasteiger partial charge >= 0.3 is 6.09 Å². The van der Waals surface area contributed by atoms with Gasteiger partial charge in [-0.15, -0.1) is 0 Å². The van der Waals surface area contributed by atoms with E-state index in [-0.39, 0.29) is 18.0 Å². The van der Waals surface area contributed by atoms with Gasteiger partial charge in [-0.25, -0.2) is 4.79 Å². The average molecular weight is 574 g/mol. The van der Waals surface area contributed by atoms with Crippen molar-refractivity contribution in [1.82, 2.24) is 10.2 Å². The normalized spacial score (nSPS) is 12.7. The van der Waals surface area contributed by atoms with E-state index in [1.54, 1.807) is 64.3 Å². The molecule has 220 valence electrons. The average Bonchev–Trinajstić information content (AvgIpc) is 2.90. The van der Waals surface area contributed by atoms with Crippen LogP contribution in [0, 0.1) is 0 Å². The van der Waals surface area contributed by atoms with Crippen LogP contribution in [0.5, 0.6) is 11.5 Å². The van der Waals surface area contributed by atoms with Crippen LogP contribution < -0.4 is 15.4 Å². The number of ether oxygens (including phenoxy) is 2. The maximum atomic E-state index is 14.0. The number of hydrogen-bond acceptors (Lipinski definition) is 7. The van der Waals surface area contributed by atoms with Crippen LogP contribution in [0.1, 0.15) is 71.4 Å². The third-order valence-electron chi connectivity index (χ3n) is 6.08. The molecule has 0 aromatic heterocycles. The van der Waals surface area contributed by atoms with Crippen molar-refractivity contribution in [3.05, 3.63) is 54.1 Å². The minimum atomic E-state index is -1.04. The number of phenolic OH excluding ortho intramolecular Hbond substituents is 1. The molecular formula is C30H43N3O6S. The van der Waals surface area contributed by atoms with Crippen molar-refractivity contribution >= 4 is 36.2 Å². The zero-order chi connectivity index (χ0) is 29.7. The van der Waals surface area contributed by atoms with E-state index < -0.39 is 35.6 Å². The Morgan fingerprint density at radius 2 is 1.60 bits per heavy atom. The summed E-state index contributed by atoms with van der Waals surface area (Å²) in [5.74, 6) is -0.211. The molecule has 0 saturated carbocycles. The molecule has 0 bridgehead atoms. The second-order valence-corrected chi connectivity index (χ2v) is 10.9. The number of methoxy groups -OCH3 is 1. The number of carbonyl (C=O) groups excluding carboxylic acids is 3. The zero-order valence-corrected chi connectivity index (χ0v) is 25.0. The highest BCUT2D eigenvalue weighted by Gasteiger charge is 2.35. The Bertz CT molecular complexity index is 1090. The molecule has 0 saturated heterocycles. The van der Waals surface area contributed by atoms with Crippen molar-refractivity contribution in [2.24, 2.45) is 0 Å². The first-order valence-corrected chi connectivity index (χ1v) is 14.3. The van der Waals surface area contributed by atoms with Gasteiger partial charge in [0.1, 0.15) is 29.2 Å². The quantitative estimate of drug-likeness (QED) is 0.170. The highest BCUT2D eigenvalue weighted by molar-refractivity contribution is 7.80. The third kappa shape index (κ3) is 10.6. The van der Waals surface area contributed by atoms with Gasteiger partial charge in [-0.3, -0.25) is 9.59 Å². The van der Waals surface area contributed by atoms with Crippen molar-refractivity contribution in [2.75, 3.05) is 24.7 Å². The van der Waals surface area contributed by atoms with Crippen LogP contribution in [0.4, 0.5) is 10.5 Å². The molecule has 3 amide bonds. The van der Waals surface area contributed by atoms with E-state index in [1.165, 1.54) is 17.0 Å². The van der Waals surface area contributed by atoms with Crippen LogP contribution in [0.15, 0.2) is 48.5 Å². The van der Waals surface area contributed by atoms with Gasteiger partial charge in [0.2, 0.25) is 5.91 Å². The lowest BCUT2D eigenvalue weighted by Crippen LogP contribution is -2.53. The van der Waals surface area contributed by atoms with Gasteiger partial charge in [0.15, 0.2) is 0 Å². The Kier molecular flexibility index (Phi) is 13.1. The molecule has 0 aliphatic rings. The lowest BCUT2D eigenvalue weighted by Gasteiger charge is -2.34. The highest BCUT2D eigenvalue weighted by Crippen LogP contribution is 2.27. The molecule has 2 atom stereocenters. The molecule has 2 unspecified atom stereocenters. The zero-order valence-electron chi connectivity index (χ0n) is 24.1. The Balaban J connectivity index is 2.44. The van der Waals surface area contributed by atoms with Gasteiger partial charge in [0, 0.05) is 18.0 Å². The topological polar surface area (TPSA) is 117 Å². The lowest BCUT2D eigenvalue weighted by molar-refractivity contribution is -0.140. The van der Waals surface area contributed by atoms with Crippen molar-refractivity contribution in [3.8, 4) is 11.5 Å². The summed E-state index contributed by atoms with van der Waals surface area (Å²) in [6.07, 6.45) is 3.96. The third-order valence-corrected chi connectivity index (χ3v) is 6.45. The van der Waals surface area contributed by atoms with Crippen molar-refractivity contribution < 1.29 is 29.0 Å². The van der Waals surface area contributed by atoms with E-state index in [4.69, 9.17) is 9.47 Å². The standard InChI is InChI=1S/C30H43N3O6S/c1-6-7-8-9-10-19-33(28(36)25(20-40)32-29(37)39-30(2,3)4)26(21-11-15-23(34)16-12-21)27(35)31-22-13-17-24(38-5)18-14-22/h11-18,25-26,34,40H,6-10,19-20H2,1-5H3,(H,31,35)(H,32,37). The second-order valence-electron chi connectivity index (χ2n) is 10.5. The highest BCUT2D eigenvalue weighted by atomic mass is 32.1. The largest absolute Gasteiger partial charge is 0.508 e. The SMILES string of the molecule is CCCCCCCN(C(=O)C(CS)NC(=O)OC(C)(C)C)C(C(=O)Nc1ccc(OC)cc1)c1ccc(O)cc1. The second kappa shape index (κ2) is 16.0. The Hall–Kier alpha value is -3.40. The summed E-state index contributed by atoms with van der Waals surface area (Å²) in [7, 11) is 1.56. The molecule has 0 aliphatic heterocycles. The van der Waals surface area contributed by atoms with Crippen molar-refractivity contribution in [1.29, 1.82) is 0 Å². The Morgan fingerprint density at radius 3 is 2.15 bits per heavy atom. The van der Waals surface area contributed by atoms with Crippen molar-refractivity contribution in [3.63, 3.8) is 0 Å². The number of phenols is 1. The number of rotatable bonds is 14. The fourth-order valence-corrected chi connectivity index (χ4v) is 4.35. The molecule has 40 heavy (non-hydrogen) atoms. The van der Waals surface area contributed by atoms with Crippen LogP contribution in [0.25, 0.3) is 0 Å². The van der Waals surface area contributed by atoms with Crippen LogP contribution in [-0.2, 0) is 14.3 Å². The molecule has 2 rings (SSSR count). The predicted molar refractivity (Wildman–Crippen MR) is 160 cm³/mol.